The lowest BCUT2D eigenvalue weighted by atomic mass is 10.1. The summed E-state index contributed by atoms with van der Waals surface area (Å²) in [6, 6.07) is 3.41. The SMILES string of the molecule is COc1c(C(N)=O)ccc(Br)c1C. The van der Waals surface area contributed by atoms with Gasteiger partial charge in [-0.3, -0.25) is 4.79 Å². The van der Waals surface area contributed by atoms with Crippen molar-refractivity contribution < 1.29 is 9.53 Å². The van der Waals surface area contributed by atoms with Crippen molar-refractivity contribution in [1.82, 2.24) is 0 Å². The van der Waals surface area contributed by atoms with Crippen molar-refractivity contribution in [3.8, 4) is 5.75 Å². The van der Waals surface area contributed by atoms with Crippen LogP contribution >= 0.6 is 15.9 Å². The number of carbonyl (C=O) groups is 1. The van der Waals surface area contributed by atoms with Gasteiger partial charge in [0.15, 0.2) is 0 Å². The van der Waals surface area contributed by atoms with Gasteiger partial charge >= 0.3 is 0 Å². The Kier molecular flexibility index (Phi) is 2.93. The average Bonchev–Trinajstić information content (AvgIpc) is 2.09. The van der Waals surface area contributed by atoms with Crippen LogP contribution in [0, 0.1) is 6.92 Å². The Morgan fingerprint density at radius 1 is 1.54 bits per heavy atom. The Morgan fingerprint density at radius 2 is 2.15 bits per heavy atom. The van der Waals surface area contributed by atoms with Crippen molar-refractivity contribution >= 4 is 21.8 Å². The lowest BCUT2D eigenvalue weighted by Gasteiger charge is -2.09. The number of rotatable bonds is 2. The van der Waals surface area contributed by atoms with E-state index >= 15 is 0 Å². The molecule has 0 radical (unpaired) electrons. The highest BCUT2D eigenvalue weighted by Crippen LogP contribution is 2.29. The molecule has 70 valence electrons. The zero-order valence-corrected chi connectivity index (χ0v) is 9.01. The number of methoxy groups -OCH3 is 1. The van der Waals surface area contributed by atoms with E-state index < -0.39 is 5.91 Å². The third-order valence-electron chi connectivity index (χ3n) is 1.81. The van der Waals surface area contributed by atoms with E-state index in [0.29, 0.717) is 11.3 Å². The Balaban J connectivity index is 3.38. The molecular weight excluding hydrogens is 234 g/mol. The molecule has 1 amide bonds. The van der Waals surface area contributed by atoms with Crippen LogP contribution in [0.3, 0.4) is 0 Å². The molecule has 2 N–H and O–H groups in total. The highest BCUT2D eigenvalue weighted by atomic mass is 79.9. The molecule has 0 saturated heterocycles. The smallest absolute Gasteiger partial charge is 0.252 e. The van der Waals surface area contributed by atoms with Gasteiger partial charge in [0.1, 0.15) is 5.75 Å². The third-order valence-corrected chi connectivity index (χ3v) is 2.67. The van der Waals surface area contributed by atoms with Gasteiger partial charge in [-0.15, -0.1) is 0 Å². The van der Waals surface area contributed by atoms with Crippen molar-refractivity contribution in [1.29, 1.82) is 0 Å². The number of primary amides is 1. The first-order valence-corrected chi connectivity index (χ1v) is 4.50. The highest BCUT2D eigenvalue weighted by Gasteiger charge is 2.12. The molecule has 0 aliphatic heterocycles. The van der Waals surface area contributed by atoms with Gasteiger partial charge in [0.25, 0.3) is 5.91 Å². The maximum atomic E-state index is 11.0. The van der Waals surface area contributed by atoms with Crippen molar-refractivity contribution in [2.24, 2.45) is 5.73 Å². The van der Waals surface area contributed by atoms with Gasteiger partial charge in [-0.1, -0.05) is 15.9 Å². The van der Waals surface area contributed by atoms with E-state index in [1.165, 1.54) is 7.11 Å². The first-order valence-electron chi connectivity index (χ1n) is 3.70. The number of hydrogen-bond donors (Lipinski definition) is 1. The molecule has 0 unspecified atom stereocenters. The normalized spacial score (nSPS) is 9.77. The largest absolute Gasteiger partial charge is 0.496 e. The summed E-state index contributed by atoms with van der Waals surface area (Å²) < 4.78 is 5.98. The first kappa shape index (κ1) is 10.1. The molecule has 1 rings (SSSR count). The van der Waals surface area contributed by atoms with Crippen LogP contribution in [0.2, 0.25) is 0 Å². The van der Waals surface area contributed by atoms with Crippen LogP contribution < -0.4 is 10.5 Å². The lowest BCUT2D eigenvalue weighted by molar-refractivity contribution is 0.0997. The standard InChI is InChI=1S/C9H10BrNO2/c1-5-7(10)4-3-6(9(11)12)8(5)13-2/h3-4H,1-2H3,(H2,11,12). The quantitative estimate of drug-likeness (QED) is 0.863. The fourth-order valence-corrected chi connectivity index (χ4v) is 1.44. The molecule has 0 bridgehead atoms. The number of amides is 1. The fraction of sp³-hybridized carbons (Fsp3) is 0.222. The Labute approximate surface area is 85.0 Å². The molecule has 0 aliphatic rings. The maximum Gasteiger partial charge on any atom is 0.252 e. The highest BCUT2D eigenvalue weighted by molar-refractivity contribution is 9.10. The summed E-state index contributed by atoms with van der Waals surface area (Å²) in [5.74, 6) is 0.0503. The maximum absolute atomic E-state index is 11.0. The van der Waals surface area contributed by atoms with Crippen LogP contribution in [0.15, 0.2) is 16.6 Å². The summed E-state index contributed by atoms with van der Waals surface area (Å²) >= 11 is 3.34. The Hall–Kier alpha value is -1.03. The van der Waals surface area contributed by atoms with Crippen LogP contribution in [0.5, 0.6) is 5.75 Å². The predicted molar refractivity (Wildman–Crippen MR) is 53.9 cm³/mol. The molecule has 0 aromatic heterocycles. The number of nitrogens with two attached hydrogens (primary N) is 1. The minimum atomic E-state index is -0.479. The van der Waals surface area contributed by atoms with Crippen LogP contribution in [-0.2, 0) is 0 Å². The third kappa shape index (κ3) is 1.83. The number of carbonyl (C=O) groups excluding carboxylic acids is 1. The zero-order valence-electron chi connectivity index (χ0n) is 7.43. The van der Waals surface area contributed by atoms with Gasteiger partial charge in [-0.25, -0.2) is 0 Å². The molecule has 13 heavy (non-hydrogen) atoms. The lowest BCUT2D eigenvalue weighted by Crippen LogP contribution is -2.13. The van der Waals surface area contributed by atoms with Crippen LogP contribution in [0.4, 0.5) is 0 Å². The van der Waals surface area contributed by atoms with Crippen molar-refractivity contribution in [2.75, 3.05) is 7.11 Å². The second-order valence-corrected chi connectivity index (χ2v) is 3.47. The topological polar surface area (TPSA) is 52.3 Å². The van der Waals surface area contributed by atoms with Crippen molar-refractivity contribution in [3.05, 3.63) is 27.7 Å². The van der Waals surface area contributed by atoms with E-state index in [4.69, 9.17) is 10.5 Å². The fourth-order valence-electron chi connectivity index (χ4n) is 1.12. The summed E-state index contributed by atoms with van der Waals surface area (Å²) in [6.07, 6.45) is 0. The Bertz CT molecular complexity index is 350. The van der Waals surface area contributed by atoms with Gasteiger partial charge in [-0.2, -0.15) is 0 Å². The number of halogens is 1. The van der Waals surface area contributed by atoms with Crippen LogP contribution in [0.1, 0.15) is 15.9 Å². The van der Waals surface area contributed by atoms with Gasteiger partial charge in [-0.05, 0) is 19.1 Å². The summed E-state index contributed by atoms with van der Waals surface area (Å²) in [5.41, 5.74) is 6.45. The number of hydrogen-bond acceptors (Lipinski definition) is 2. The van der Waals surface area contributed by atoms with Gasteiger partial charge in [0.05, 0.1) is 12.7 Å². The van der Waals surface area contributed by atoms with E-state index in [0.717, 1.165) is 10.0 Å². The molecule has 1 aromatic carbocycles. The number of benzene rings is 1. The molecule has 4 heteroatoms. The van der Waals surface area contributed by atoms with Crippen molar-refractivity contribution in [2.45, 2.75) is 6.92 Å². The minimum Gasteiger partial charge on any atom is -0.496 e. The average molecular weight is 244 g/mol. The molecule has 0 atom stereocenters. The molecule has 0 spiro atoms. The molecule has 3 nitrogen and oxygen atoms in total. The zero-order chi connectivity index (χ0) is 10.0. The molecule has 0 heterocycles. The van der Waals surface area contributed by atoms with Gasteiger partial charge in [0, 0.05) is 10.0 Å². The van der Waals surface area contributed by atoms with Gasteiger partial charge in [0.2, 0.25) is 0 Å². The predicted octanol–water partition coefficient (Wildman–Crippen LogP) is 1.87. The van der Waals surface area contributed by atoms with E-state index in [-0.39, 0.29) is 0 Å². The van der Waals surface area contributed by atoms with E-state index in [2.05, 4.69) is 15.9 Å². The summed E-state index contributed by atoms with van der Waals surface area (Å²) in [4.78, 5) is 11.0. The molecule has 0 aliphatic carbocycles. The van der Waals surface area contributed by atoms with Crippen molar-refractivity contribution in [3.63, 3.8) is 0 Å². The van der Waals surface area contributed by atoms with Crippen LogP contribution in [0.25, 0.3) is 0 Å². The monoisotopic (exact) mass is 243 g/mol. The number of ether oxygens (including phenoxy) is 1. The minimum absolute atomic E-state index is 0.406. The Morgan fingerprint density at radius 3 is 2.62 bits per heavy atom. The van der Waals surface area contributed by atoms with E-state index in [1.54, 1.807) is 12.1 Å². The molecule has 0 saturated carbocycles. The van der Waals surface area contributed by atoms with E-state index in [9.17, 15) is 4.79 Å². The van der Waals surface area contributed by atoms with Gasteiger partial charge < -0.3 is 10.5 Å². The van der Waals surface area contributed by atoms with E-state index in [1.807, 2.05) is 6.92 Å². The van der Waals surface area contributed by atoms with Crippen LogP contribution in [-0.4, -0.2) is 13.0 Å². The second kappa shape index (κ2) is 3.79. The molecule has 1 aromatic rings. The molecular formula is C9H10BrNO2. The summed E-state index contributed by atoms with van der Waals surface area (Å²) in [7, 11) is 1.52. The summed E-state index contributed by atoms with van der Waals surface area (Å²) in [6.45, 7) is 1.86. The second-order valence-electron chi connectivity index (χ2n) is 2.62. The molecule has 0 fully saturated rings. The first-order chi connectivity index (χ1) is 6.07. The summed E-state index contributed by atoms with van der Waals surface area (Å²) in [5, 5.41) is 0.